The minimum atomic E-state index is 0.00565. The van der Waals surface area contributed by atoms with Crippen LogP contribution >= 0.6 is 11.6 Å². The van der Waals surface area contributed by atoms with Crippen LogP contribution in [0.1, 0.15) is 36.7 Å². The molecule has 21 heavy (non-hydrogen) atoms. The van der Waals surface area contributed by atoms with Gasteiger partial charge in [-0.2, -0.15) is 5.10 Å². The third-order valence-electron chi connectivity index (χ3n) is 3.67. The number of aryl methyl sites for hydroxylation is 1. The third-order valence-corrected chi connectivity index (χ3v) is 4.08. The number of methoxy groups -OCH3 is 1. The first kappa shape index (κ1) is 15.9. The zero-order valence-electron chi connectivity index (χ0n) is 13.0. The molecule has 1 N–H and O–H groups in total. The van der Waals surface area contributed by atoms with E-state index in [4.69, 9.17) is 16.3 Å². The Labute approximate surface area is 131 Å². The highest BCUT2D eigenvalue weighted by atomic mass is 35.5. The number of halogens is 1. The van der Waals surface area contributed by atoms with Crippen molar-refractivity contribution in [1.82, 2.24) is 15.1 Å². The van der Waals surface area contributed by atoms with E-state index in [9.17, 15) is 0 Å². The van der Waals surface area contributed by atoms with E-state index >= 15 is 0 Å². The van der Waals surface area contributed by atoms with Crippen LogP contribution in [0.4, 0.5) is 0 Å². The molecule has 1 unspecified atom stereocenters. The number of rotatable bonds is 6. The minimum Gasteiger partial charge on any atom is -0.493 e. The zero-order chi connectivity index (χ0) is 15.4. The second-order valence-electron chi connectivity index (χ2n) is 4.86. The van der Waals surface area contributed by atoms with E-state index in [1.165, 1.54) is 0 Å². The van der Waals surface area contributed by atoms with E-state index < -0.39 is 0 Å². The molecular formula is C16H22ClN3O. The lowest BCUT2D eigenvalue weighted by Gasteiger charge is -2.23. The van der Waals surface area contributed by atoms with E-state index in [0.29, 0.717) is 0 Å². The van der Waals surface area contributed by atoms with Crippen LogP contribution in [0.2, 0.25) is 5.02 Å². The van der Waals surface area contributed by atoms with Crippen molar-refractivity contribution < 1.29 is 4.74 Å². The zero-order valence-corrected chi connectivity index (χ0v) is 13.7. The van der Waals surface area contributed by atoms with Crippen molar-refractivity contribution in [2.75, 3.05) is 13.7 Å². The first-order chi connectivity index (χ1) is 10.1. The molecule has 0 aliphatic rings. The van der Waals surface area contributed by atoms with Gasteiger partial charge in [0.1, 0.15) is 5.69 Å². The lowest BCUT2D eigenvalue weighted by atomic mass is 9.98. The molecule has 0 fully saturated rings. The largest absolute Gasteiger partial charge is 0.493 e. The maximum Gasteiger partial charge on any atom is 0.161 e. The van der Waals surface area contributed by atoms with Gasteiger partial charge in [0.2, 0.25) is 0 Å². The van der Waals surface area contributed by atoms with Crippen LogP contribution < -0.4 is 10.1 Å². The highest BCUT2D eigenvalue weighted by Crippen LogP contribution is 2.33. The Morgan fingerprint density at radius 2 is 2.14 bits per heavy atom. The van der Waals surface area contributed by atoms with E-state index in [1.54, 1.807) is 13.3 Å². The molecule has 5 heteroatoms. The number of benzene rings is 1. The van der Waals surface area contributed by atoms with Gasteiger partial charge in [-0.1, -0.05) is 30.7 Å². The van der Waals surface area contributed by atoms with E-state index in [0.717, 1.165) is 40.7 Å². The van der Waals surface area contributed by atoms with Crippen LogP contribution in [0, 0.1) is 6.92 Å². The number of nitrogens with one attached hydrogen (secondary N) is 1. The first-order valence-corrected chi connectivity index (χ1v) is 7.59. The highest BCUT2D eigenvalue weighted by Gasteiger charge is 2.24. The quantitative estimate of drug-likeness (QED) is 0.886. The van der Waals surface area contributed by atoms with E-state index in [2.05, 4.69) is 30.3 Å². The molecule has 0 bridgehead atoms. The van der Waals surface area contributed by atoms with Gasteiger partial charge in [-0.3, -0.25) is 4.68 Å². The predicted molar refractivity (Wildman–Crippen MR) is 86.2 cm³/mol. The fourth-order valence-electron chi connectivity index (χ4n) is 2.57. The van der Waals surface area contributed by atoms with Gasteiger partial charge >= 0.3 is 0 Å². The van der Waals surface area contributed by atoms with Crippen molar-refractivity contribution in [3.05, 3.63) is 46.2 Å². The molecule has 2 aromatic rings. The van der Waals surface area contributed by atoms with E-state index in [-0.39, 0.29) is 6.04 Å². The predicted octanol–water partition coefficient (Wildman–Crippen LogP) is 3.57. The summed E-state index contributed by atoms with van der Waals surface area (Å²) in [5.74, 6) is 0.794. The smallest absolute Gasteiger partial charge is 0.161 e. The summed E-state index contributed by atoms with van der Waals surface area (Å²) in [7, 11) is 1.67. The van der Waals surface area contributed by atoms with Gasteiger partial charge in [0, 0.05) is 11.6 Å². The van der Waals surface area contributed by atoms with Crippen molar-refractivity contribution in [2.45, 2.75) is 33.4 Å². The van der Waals surface area contributed by atoms with Crippen molar-refractivity contribution in [2.24, 2.45) is 0 Å². The minimum absolute atomic E-state index is 0.00565. The number of hydrogen-bond donors (Lipinski definition) is 1. The van der Waals surface area contributed by atoms with Gasteiger partial charge in [-0.25, -0.2) is 0 Å². The van der Waals surface area contributed by atoms with Gasteiger partial charge in [-0.15, -0.1) is 0 Å². The molecule has 114 valence electrons. The summed E-state index contributed by atoms with van der Waals surface area (Å²) < 4.78 is 7.46. The van der Waals surface area contributed by atoms with Crippen molar-refractivity contribution in [3.8, 4) is 5.75 Å². The molecule has 0 spiro atoms. The van der Waals surface area contributed by atoms with Gasteiger partial charge in [0.15, 0.2) is 5.75 Å². The number of ether oxygens (including phenoxy) is 1. The molecule has 1 aromatic carbocycles. The van der Waals surface area contributed by atoms with Crippen LogP contribution in [-0.2, 0) is 6.54 Å². The summed E-state index contributed by atoms with van der Waals surface area (Å²) in [5, 5.41) is 8.70. The summed E-state index contributed by atoms with van der Waals surface area (Å²) in [6, 6.07) is 6.00. The monoisotopic (exact) mass is 307 g/mol. The lowest BCUT2D eigenvalue weighted by molar-refractivity contribution is 0.399. The number of aromatic nitrogens is 2. The summed E-state index contributed by atoms with van der Waals surface area (Å²) in [6.07, 6.45) is 1.77. The topological polar surface area (TPSA) is 39.1 Å². The highest BCUT2D eigenvalue weighted by molar-refractivity contribution is 6.31. The molecule has 0 aliphatic carbocycles. The molecule has 0 amide bonds. The second-order valence-corrected chi connectivity index (χ2v) is 5.27. The maximum absolute atomic E-state index is 6.29. The summed E-state index contributed by atoms with van der Waals surface area (Å²) in [4.78, 5) is 0. The lowest BCUT2D eigenvalue weighted by Crippen LogP contribution is -2.26. The van der Waals surface area contributed by atoms with Crippen LogP contribution in [0.15, 0.2) is 24.4 Å². The van der Waals surface area contributed by atoms with Gasteiger partial charge in [0.05, 0.1) is 19.3 Å². The fraction of sp³-hybridized carbons (Fsp3) is 0.438. The van der Waals surface area contributed by atoms with Crippen LogP contribution in [0.5, 0.6) is 5.75 Å². The second kappa shape index (κ2) is 6.96. The average Bonchev–Trinajstić information content (AvgIpc) is 2.90. The molecular weight excluding hydrogens is 286 g/mol. The molecule has 2 rings (SSSR count). The fourth-order valence-corrected chi connectivity index (χ4v) is 2.75. The van der Waals surface area contributed by atoms with Gasteiger partial charge in [-0.05, 0) is 37.6 Å². The van der Waals surface area contributed by atoms with Crippen molar-refractivity contribution >= 4 is 11.6 Å². The van der Waals surface area contributed by atoms with Crippen LogP contribution in [-0.4, -0.2) is 23.4 Å². The Bertz CT molecular complexity index is 588. The maximum atomic E-state index is 6.29. The Hall–Kier alpha value is -1.52. The summed E-state index contributed by atoms with van der Waals surface area (Å²) in [6.45, 7) is 7.84. The van der Waals surface area contributed by atoms with Crippen molar-refractivity contribution in [3.63, 3.8) is 0 Å². The molecule has 1 heterocycles. The molecule has 0 saturated carbocycles. The molecule has 0 radical (unpaired) electrons. The van der Waals surface area contributed by atoms with Gasteiger partial charge in [0.25, 0.3) is 0 Å². The average molecular weight is 308 g/mol. The molecule has 1 atom stereocenters. The Morgan fingerprint density at radius 3 is 2.76 bits per heavy atom. The van der Waals surface area contributed by atoms with Crippen LogP contribution in [0.3, 0.4) is 0 Å². The van der Waals surface area contributed by atoms with Gasteiger partial charge < -0.3 is 10.1 Å². The Kier molecular flexibility index (Phi) is 5.26. The SMILES string of the molecule is CCNC(c1cccc(Cl)c1C)c1c(OC)cnn1CC. The Morgan fingerprint density at radius 1 is 1.38 bits per heavy atom. The summed E-state index contributed by atoms with van der Waals surface area (Å²) in [5.41, 5.74) is 3.26. The molecule has 0 saturated heterocycles. The molecule has 0 aliphatic heterocycles. The van der Waals surface area contributed by atoms with Crippen molar-refractivity contribution in [1.29, 1.82) is 0 Å². The standard InChI is InChI=1S/C16H22ClN3O/c1-5-18-15(12-8-7-9-13(17)11(12)3)16-14(21-4)10-19-20(16)6-2/h7-10,15,18H,5-6H2,1-4H3. The van der Waals surface area contributed by atoms with E-state index in [1.807, 2.05) is 23.7 Å². The summed E-state index contributed by atoms with van der Waals surface area (Å²) >= 11 is 6.29. The first-order valence-electron chi connectivity index (χ1n) is 7.22. The Balaban J connectivity index is 2.58. The molecule has 1 aromatic heterocycles. The number of hydrogen-bond acceptors (Lipinski definition) is 3. The third kappa shape index (κ3) is 3.06. The number of nitrogens with zero attached hydrogens (tertiary/aromatic N) is 2. The van der Waals surface area contributed by atoms with Crippen LogP contribution in [0.25, 0.3) is 0 Å². The normalized spacial score (nSPS) is 12.4. The molecule has 4 nitrogen and oxygen atoms in total.